The maximum Gasteiger partial charge on any atom is 0.344 e. The van der Waals surface area contributed by atoms with Crippen LogP contribution < -0.4 is 20.5 Å². The predicted molar refractivity (Wildman–Crippen MR) is 137 cm³/mol. The summed E-state index contributed by atoms with van der Waals surface area (Å²) in [5, 5.41) is 2.78. The Labute approximate surface area is 208 Å². The van der Waals surface area contributed by atoms with Crippen LogP contribution in [-0.4, -0.2) is 44.4 Å². The standard InChI is InChI=1S/C27H29N5O4/c1-17(2)29-26(33)32-22-11-7-6-10-21(22)31(27(32)34)25-28-15-14-20(30-25)18-12-13-23(35-3)24(16-18)36-19-8-4-5-9-19/h6-7,10-17,19H,4-5,8-9H2,1-3H3,(H,29,33). The van der Waals surface area contributed by atoms with Gasteiger partial charge in [-0.1, -0.05) is 12.1 Å². The fourth-order valence-corrected chi connectivity index (χ4v) is 4.58. The van der Waals surface area contributed by atoms with Crippen LogP contribution in [0.1, 0.15) is 39.5 Å². The van der Waals surface area contributed by atoms with Crippen molar-refractivity contribution in [1.29, 1.82) is 0 Å². The van der Waals surface area contributed by atoms with E-state index in [4.69, 9.17) is 14.5 Å². The molecule has 0 atom stereocenters. The van der Waals surface area contributed by atoms with E-state index in [1.54, 1.807) is 37.6 Å². The highest BCUT2D eigenvalue weighted by Crippen LogP contribution is 2.35. The molecule has 0 aliphatic heterocycles. The largest absolute Gasteiger partial charge is 0.493 e. The van der Waals surface area contributed by atoms with E-state index >= 15 is 0 Å². The first kappa shape index (κ1) is 23.6. The summed E-state index contributed by atoms with van der Waals surface area (Å²) in [6.45, 7) is 3.68. The Kier molecular flexibility index (Phi) is 6.45. The molecule has 0 radical (unpaired) electrons. The Bertz CT molecular complexity index is 1470. The summed E-state index contributed by atoms with van der Waals surface area (Å²) in [5.41, 5.74) is 1.91. The molecule has 5 rings (SSSR count). The van der Waals surface area contributed by atoms with Crippen molar-refractivity contribution in [3.05, 3.63) is 65.2 Å². The highest BCUT2D eigenvalue weighted by atomic mass is 16.5. The summed E-state index contributed by atoms with van der Waals surface area (Å²) < 4.78 is 14.2. The van der Waals surface area contributed by atoms with Gasteiger partial charge in [0.15, 0.2) is 11.5 Å². The van der Waals surface area contributed by atoms with E-state index < -0.39 is 11.7 Å². The van der Waals surface area contributed by atoms with Crippen LogP contribution in [0.15, 0.2) is 59.5 Å². The number of benzene rings is 2. The van der Waals surface area contributed by atoms with Crippen LogP contribution in [0.2, 0.25) is 0 Å². The molecule has 4 aromatic rings. The van der Waals surface area contributed by atoms with Crippen LogP contribution in [0.3, 0.4) is 0 Å². The van der Waals surface area contributed by atoms with Gasteiger partial charge in [0.05, 0.1) is 29.9 Å². The topological polar surface area (TPSA) is 100 Å². The number of nitrogens with zero attached hydrogens (tertiary/aromatic N) is 4. The third kappa shape index (κ3) is 4.44. The van der Waals surface area contributed by atoms with Gasteiger partial charge in [-0.15, -0.1) is 0 Å². The maximum absolute atomic E-state index is 13.4. The molecule has 2 aromatic heterocycles. The minimum absolute atomic E-state index is 0.123. The molecule has 0 spiro atoms. The molecule has 9 heteroatoms. The van der Waals surface area contributed by atoms with Gasteiger partial charge in [-0.25, -0.2) is 28.7 Å². The number of ether oxygens (including phenoxy) is 2. The zero-order chi connectivity index (χ0) is 25.2. The first-order valence-electron chi connectivity index (χ1n) is 12.2. The van der Waals surface area contributed by atoms with Gasteiger partial charge >= 0.3 is 11.7 Å². The molecule has 36 heavy (non-hydrogen) atoms. The number of hydrogen-bond acceptors (Lipinski definition) is 6. The van der Waals surface area contributed by atoms with Gasteiger partial charge in [-0.3, -0.25) is 0 Å². The van der Waals surface area contributed by atoms with Gasteiger partial charge in [-0.2, -0.15) is 0 Å². The van der Waals surface area contributed by atoms with Crippen molar-refractivity contribution in [2.75, 3.05) is 7.11 Å². The van der Waals surface area contributed by atoms with E-state index in [0.29, 0.717) is 28.2 Å². The molecule has 0 bridgehead atoms. The van der Waals surface area contributed by atoms with Gasteiger partial charge in [0.25, 0.3) is 0 Å². The highest BCUT2D eigenvalue weighted by molar-refractivity contribution is 5.90. The molecule has 0 unspecified atom stereocenters. The Morgan fingerprint density at radius 3 is 2.53 bits per heavy atom. The number of fused-ring (bicyclic) bond motifs is 1. The van der Waals surface area contributed by atoms with Gasteiger partial charge in [-0.05, 0) is 75.9 Å². The van der Waals surface area contributed by atoms with E-state index in [1.807, 2.05) is 38.1 Å². The van der Waals surface area contributed by atoms with Gasteiger partial charge in [0, 0.05) is 17.8 Å². The first-order valence-corrected chi connectivity index (χ1v) is 12.2. The molecule has 1 aliphatic rings. The molecule has 186 valence electrons. The average Bonchev–Trinajstić information content (AvgIpc) is 3.48. The molecular formula is C27H29N5O4. The number of imidazole rings is 1. The molecule has 0 saturated heterocycles. The number of rotatable bonds is 6. The van der Waals surface area contributed by atoms with E-state index in [1.165, 1.54) is 17.4 Å². The second-order valence-corrected chi connectivity index (χ2v) is 9.18. The lowest BCUT2D eigenvalue weighted by Crippen LogP contribution is -2.40. The number of hydrogen-bond donors (Lipinski definition) is 1. The number of carbonyl (C=O) groups excluding carboxylic acids is 1. The quantitative estimate of drug-likeness (QED) is 0.428. The Morgan fingerprint density at radius 2 is 1.81 bits per heavy atom. The van der Waals surface area contributed by atoms with Crippen LogP contribution in [0.4, 0.5) is 4.79 Å². The highest BCUT2D eigenvalue weighted by Gasteiger charge is 2.22. The molecular weight excluding hydrogens is 458 g/mol. The summed E-state index contributed by atoms with van der Waals surface area (Å²) in [6, 6.07) is 13.9. The van der Waals surface area contributed by atoms with Crippen molar-refractivity contribution in [2.24, 2.45) is 0 Å². The summed E-state index contributed by atoms with van der Waals surface area (Å²) >= 11 is 0. The minimum atomic E-state index is -0.536. The zero-order valence-electron chi connectivity index (χ0n) is 20.6. The van der Waals surface area contributed by atoms with Crippen LogP contribution in [0.5, 0.6) is 11.5 Å². The van der Waals surface area contributed by atoms with Gasteiger partial charge in [0.2, 0.25) is 5.95 Å². The Hall–Kier alpha value is -4.14. The molecule has 1 aliphatic carbocycles. The second kappa shape index (κ2) is 9.85. The lowest BCUT2D eigenvalue weighted by Gasteiger charge is -2.17. The predicted octanol–water partition coefficient (Wildman–Crippen LogP) is 4.55. The van der Waals surface area contributed by atoms with Crippen LogP contribution in [-0.2, 0) is 0 Å². The number of aromatic nitrogens is 4. The van der Waals surface area contributed by atoms with Crippen molar-refractivity contribution >= 4 is 17.1 Å². The second-order valence-electron chi connectivity index (χ2n) is 9.18. The summed E-state index contributed by atoms with van der Waals surface area (Å²) in [4.78, 5) is 35.3. The summed E-state index contributed by atoms with van der Waals surface area (Å²) in [6.07, 6.45) is 6.17. The summed E-state index contributed by atoms with van der Waals surface area (Å²) in [5.74, 6) is 1.51. The van der Waals surface area contributed by atoms with Crippen molar-refractivity contribution in [1.82, 2.24) is 24.4 Å². The number of amides is 1. The normalized spacial score (nSPS) is 13.9. The van der Waals surface area contributed by atoms with Crippen molar-refractivity contribution < 1.29 is 14.3 Å². The number of nitrogens with one attached hydrogen (secondary N) is 1. The van der Waals surface area contributed by atoms with Crippen molar-refractivity contribution in [3.8, 4) is 28.7 Å². The molecule has 2 heterocycles. The molecule has 1 fully saturated rings. The zero-order valence-corrected chi connectivity index (χ0v) is 20.6. The fourth-order valence-electron chi connectivity index (χ4n) is 4.58. The third-order valence-electron chi connectivity index (χ3n) is 6.26. The lowest BCUT2D eigenvalue weighted by atomic mass is 10.1. The molecule has 1 saturated carbocycles. The van der Waals surface area contributed by atoms with E-state index in [0.717, 1.165) is 23.0 Å². The summed E-state index contributed by atoms with van der Waals surface area (Å²) in [7, 11) is 1.62. The number of methoxy groups -OCH3 is 1. The van der Waals surface area contributed by atoms with Gasteiger partial charge < -0.3 is 14.8 Å². The van der Waals surface area contributed by atoms with Gasteiger partial charge in [0.1, 0.15) is 0 Å². The maximum atomic E-state index is 13.4. The Balaban J connectivity index is 1.58. The van der Waals surface area contributed by atoms with Crippen molar-refractivity contribution in [2.45, 2.75) is 51.7 Å². The van der Waals surface area contributed by atoms with E-state index in [9.17, 15) is 9.59 Å². The van der Waals surface area contributed by atoms with Crippen LogP contribution in [0, 0.1) is 0 Å². The minimum Gasteiger partial charge on any atom is -0.493 e. The smallest absolute Gasteiger partial charge is 0.344 e. The Morgan fingerprint density at radius 1 is 1.06 bits per heavy atom. The van der Waals surface area contributed by atoms with E-state index in [2.05, 4.69) is 10.3 Å². The van der Waals surface area contributed by atoms with E-state index in [-0.39, 0.29) is 18.1 Å². The lowest BCUT2D eigenvalue weighted by molar-refractivity contribution is 0.201. The van der Waals surface area contributed by atoms with Crippen LogP contribution in [0.25, 0.3) is 28.2 Å². The SMILES string of the molecule is COc1ccc(-c2ccnc(-n3c(=O)n(C(=O)NC(C)C)c4ccccc43)n2)cc1OC1CCCC1. The molecule has 9 nitrogen and oxygen atoms in total. The first-order chi connectivity index (χ1) is 17.5. The monoisotopic (exact) mass is 487 g/mol. The fraction of sp³-hybridized carbons (Fsp3) is 0.333. The van der Waals surface area contributed by atoms with Crippen LogP contribution >= 0.6 is 0 Å². The third-order valence-corrected chi connectivity index (χ3v) is 6.26. The molecule has 1 N–H and O–H groups in total. The number of carbonyl (C=O) groups is 1. The number of para-hydroxylation sites is 2. The molecule has 2 aromatic carbocycles. The average molecular weight is 488 g/mol. The van der Waals surface area contributed by atoms with Crippen molar-refractivity contribution in [3.63, 3.8) is 0 Å². The molecule has 1 amide bonds.